The maximum Gasteiger partial charge on any atom is 0.348 e. The molecule has 0 aliphatic rings. The zero-order chi connectivity index (χ0) is 11.5. The highest BCUT2D eigenvalue weighted by atomic mass is 35.5. The molecule has 0 aliphatic heterocycles. The molecule has 0 bridgehead atoms. The summed E-state index contributed by atoms with van der Waals surface area (Å²) in [4.78, 5) is 11.3. The normalized spacial score (nSPS) is 14.4. The second kappa shape index (κ2) is 4.62. The lowest BCUT2D eigenvalue weighted by Gasteiger charge is -2.18. The molecule has 15 heavy (non-hydrogen) atoms. The number of carbonyl (C=O) groups excluding carboxylic acids is 1. The Bertz CT molecular complexity index is 363. The Morgan fingerprint density at radius 1 is 1.60 bits per heavy atom. The van der Waals surface area contributed by atoms with Crippen LogP contribution in [0.3, 0.4) is 0 Å². The summed E-state index contributed by atoms with van der Waals surface area (Å²) in [5.74, 6) is -0.896. The smallest absolute Gasteiger partial charge is 0.348 e. The number of hydrogen-bond acceptors (Lipinski definition) is 2. The van der Waals surface area contributed by atoms with E-state index < -0.39 is 11.6 Å². The van der Waals surface area contributed by atoms with E-state index in [1.165, 1.54) is 12.1 Å². The third kappa shape index (κ3) is 2.69. The van der Waals surface area contributed by atoms with E-state index in [4.69, 9.17) is 11.6 Å². The molecule has 0 saturated heterocycles. The standard InChI is InChI=1S/C11H12ClFO2/c1-3-15-10(14)11(2,13)8-5-4-6-9(12)7-8/h4-7H,3H2,1-2H3. The summed E-state index contributed by atoms with van der Waals surface area (Å²) < 4.78 is 18.7. The van der Waals surface area contributed by atoms with Gasteiger partial charge in [0.05, 0.1) is 6.61 Å². The number of alkyl halides is 1. The van der Waals surface area contributed by atoms with Gasteiger partial charge >= 0.3 is 5.97 Å². The topological polar surface area (TPSA) is 26.3 Å². The highest BCUT2D eigenvalue weighted by Crippen LogP contribution is 2.28. The summed E-state index contributed by atoms with van der Waals surface area (Å²) in [6.45, 7) is 2.95. The fraction of sp³-hybridized carbons (Fsp3) is 0.364. The Balaban J connectivity index is 2.99. The van der Waals surface area contributed by atoms with Gasteiger partial charge in [-0.15, -0.1) is 0 Å². The first-order chi connectivity index (χ1) is 6.98. The van der Waals surface area contributed by atoms with Crippen molar-refractivity contribution in [2.45, 2.75) is 19.5 Å². The lowest BCUT2D eigenvalue weighted by molar-refractivity contribution is -0.156. The number of ether oxygens (including phenoxy) is 1. The van der Waals surface area contributed by atoms with E-state index in [1.807, 2.05) is 0 Å². The molecular weight excluding hydrogens is 219 g/mol. The van der Waals surface area contributed by atoms with Gasteiger partial charge in [-0.05, 0) is 26.0 Å². The molecular formula is C11H12ClFO2. The summed E-state index contributed by atoms with van der Waals surface area (Å²) in [7, 11) is 0. The summed E-state index contributed by atoms with van der Waals surface area (Å²) >= 11 is 5.71. The highest BCUT2D eigenvalue weighted by molar-refractivity contribution is 6.30. The fourth-order valence-electron chi connectivity index (χ4n) is 1.16. The van der Waals surface area contributed by atoms with Crippen LogP contribution in [0.2, 0.25) is 5.02 Å². The number of carbonyl (C=O) groups is 1. The molecule has 2 nitrogen and oxygen atoms in total. The van der Waals surface area contributed by atoms with Crippen LogP contribution in [-0.2, 0) is 15.2 Å². The van der Waals surface area contributed by atoms with Crippen LogP contribution in [0.1, 0.15) is 19.4 Å². The van der Waals surface area contributed by atoms with Gasteiger partial charge in [0, 0.05) is 10.6 Å². The van der Waals surface area contributed by atoms with Gasteiger partial charge in [-0.25, -0.2) is 9.18 Å². The highest BCUT2D eigenvalue weighted by Gasteiger charge is 2.36. The number of hydrogen-bond donors (Lipinski definition) is 0. The van der Waals surface area contributed by atoms with Gasteiger partial charge in [-0.2, -0.15) is 0 Å². The van der Waals surface area contributed by atoms with Gasteiger partial charge in [0.1, 0.15) is 0 Å². The molecule has 0 spiro atoms. The Labute approximate surface area is 93.0 Å². The van der Waals surface area contributed by atoms with E-state index in [1.54, 1.807) is 19.1 Å². The Morgan fingerprint density at radius 2 is 2.27 bits per heavy atom. The fourth-order valence-corrected chi connectivity index (χ4v) is 1.36. The minimum Gasteiger partial charge on any atom is -0.463 e. The first-order valence-corrected chi connectivity index (χ1v) is 4.98. The van der Waals surface area contributed by atoms with Crippen molar-refractivity contribution in [3.63, 3.8) is 0 Å². The summed E-state index contributed by atoms with van der Waals surface area (Å²) in [5.41, 5.74) is -1.95. The predicted octanol–water partition coefficient (Wildman–Crippen LogP) is 3.09. The van der Waals surface area contributed by atoms with E-state index in [-0.39, 0.29) is 12.2 Å². The lowest BCUT2D eigenvalue weighted by Crippen LogP contribution is -2.29. The van der Waals surface area contributed by atoms with E-state index in [2.05, 4.69) is 4.74 Å². The summed E-state index contributed by atoms with van der Waals surface area (Å²) in [6, 6.07) is 6.13. The predicted molar refractivity (Wildman–Crippen MR) is 56.5 cm³/mol. The van der Waals surface area contributed by atoms with Gasteiger partial charge in [0.25, 0.3) is 0 Å². The first kappa shape index (κ1) is 12.0. The largest absolute Gasteiger partial charge is 0.463 e. The van der Waals surface area contributed by atoms with E-state index in [9.17, 15) is 9.18 Å². The second-order valence-corrected chi connectivity index (χ2v) is 3.67. The summed E-state index contributed by atoms with van der Waals surface area (Å²) in [6.07, 6.45) is 0. The maximum atomic E-state index is 14.1. The van der Waals surface area contributed by atoms with Crippen molar-refractivity contribution in [3.8, 4) is 0 Å². The molecule has 0 heterocycles. The molecule has 0 saturated carbocycles. The third-order valence-electron chi connectivity index (χ3n) is 2.03. The van der Waals surface area contributed by atoms with E-state index >= 15 is 0 Å². The molecule has 1 rings (SSSR count). The quantitative estimate of drug-likeness (QED) is 0.746. The van der Waals surface area contributed by atoms with Crippen LogP contribution in [0.25, 0.3) is 0 Å². The van der Waals surface area contributed by atoms with Crippen molar-refractivity contribution < 1.29 is 13.9 Å². The van der Waals surface area contributed by atoms with Crippen molar-refractivity contribution >= 4 is 17.6 Å². The molecule has 0 fully saturated rings. The number of benzene rings is 1. The molecule has 0 N–H and O–H groups in total. The maximum absolute atomic E-state index is 14.1. The Kier molecular flexibility index (Phi) is 3.69. The number of halogens is 2. The van der Waals surface area contributed by atoms with Crippen LogP contribution in [0, 0.1) is 0 Å². The molecule has 1 aromatic carbocycles. The van der Waals surface area contributed by atoms with E-state index in [0.29, 0.717) is 5.02 Å². The summed E-state index contributed by atoms with van der Waals surface area (Å²) in [5, 5.41) is 0.390. The molecule has 1 aromatic rings. The molecule has 0 radical (unpaired) electrons. The van der Waals surface area contributed by atoms with Crippen LogP contribution in [0.15, 0.2) is 24.3 Å². The molecule has 0 amide bonds. The average Bonchev–Trinajstić information content (AvgIpc) is 2.18. The first-order valence-electron chi connectivity index (χ1n) is 4.60. The van der Waals surface area contributed by atoms with Crippen LogP contribution in [0.4, 0.5) is 4.39 Å². The van der Waals surface area contributed by atoms with Crippen molar-refractivity contribution in [1.29, 1.82) is 0 Å². The van der Waals surface area contributed by atoms with Crippen molar-refractivity contribution in [1.82, 2.24) is 0 Å². The monoisotopic (exact) mass is 230 g/mol. The zero-order valence-corrected chi connectivity index (χ0v) is 9.34. The number of esters is 1. The average molecular weight is 231 g/mol. The van der Waals surface area contributed by atoms with Gasteiger partial charge < -0.3 is 4.74 Å². The van der Waals surface area contributed by atoms with Gasteiger partial charge in [0.15, 0.2) is 0 Å². The molecule has 82 valence electrons. The van der Waals surface area contributed by atoms with Crippen molar-refractivity contribution in [3.05, 3.63) is 34.9 Å². The minimum atomic E-state index is -2.15. The second-order valence-electron chi connectivity index (χ2n) is 3.23. The van der Waals surface area contributed by atoms with Crippen LogP contribution < -0.4 is 0 Å². The Morgan fingerprint density at radius 3 is 2.80 bits per heavy atom. The zero-order valence-electron chi connectivity index (χ0n) is 8.59. The van der Waals surface area contributed by atoms with Crippen molar-refractivity contribution in [2.24, 2.45) is 0 Å². The minimum absolute atomic E-state index is 0.152. The molecule has 4 heteroatoms. The van der Waals surface area contributed by atoms with Gasteiger partial charge in [0.2, 0.25) is 5.67 Å². The molecule has 1 atom stereocenters. The van der Waals surface area contributed by atoms with Crippen molar-refractivity contribution in [2.75, 3.05) is 6.61 Å². The van der Waals surface area contributed by atoms with E-state index in [0.717, 1.165) is 6.92 Å². The van der Waals surface area contributed by atoms with Crippen LogP contribution in [-0.4, -0.2) is 12.6 Å². The van der Waals surface area contributed by atoms with Crippen LogP contribution >= 0.6 is 11.6 Å². The third-order valence-corrected chi connectivity index (χ3v) is 2.26. The molecule has 0 aliphatic carbocycles. The lowest BCUT2D eigenvalue weighted by atomic mass is 9.98. The number of rotatable bonds is 3. The van der Waals surface area contributed by atoms with Gasteiger partial charge in [-0.1, -0.05) is 23.7 Å². The van der Waals surface area contributed by atoms with Crippen LogP contribution in [0.5, 0.6) is 0 Å². The Hall–Kier alpha value is -1.09. The SMILES string of the molecule is CCOC(=O)C(C)(F)c1cccc(Cl)c1. The molecule has 0 aromatic heterocycles. The molecule has 1 unspecified atom stereocenters. The van der Waals surface area contributed by atoms with Gasteiger partial charge in [-0.3, -0.25) is 0 Å².